The van der Waals surface area contributed by atoms with Crippen LogP contribution in [0.4, 0.5) is 5.69 Å². The molecule has 5 rings (SSSR count). The number of carbonyl (C=O) groups excluding carboxylic acids is 2. The van der Waals surface area contributed by atoms with Gasteiger partial charge in [-0.3, -0.25) is 14.5 Å². The van der Waals surface area contributed by atoms with Crippen molar-refractivity contribution in [2.75, 3.05) is 39.9 Å². The summed E-state index contributed by atoms with van der Waals surface area (Å²) in [5.74, 6) is 2.04. The van der Waals surface area contributed by atoms with Gasteiger partial charge in [0.2, 0.25) is 5.91 Å². The number of hydrogen-bond donors (Lipinski definition) is 0. The number of ether oxygens (including phenoxy) is 4. The van der Waals surface area contributed by atoms with Gasteiger partial charge in [-0.2, -0.15) is 0 Å². The number of imide groups is 1. The summed E-state index contributed by atoms with van der Waals surface area (Å²) in [5.41, 5.74) is 3.61. The molecule has 0 bridgehead atoms. The van der Waals surface area contributed by atoms with Gasteiger partial charge in [-0.05, 0) is 59.5 Å². The lowest BCUT2D eigenvalue weighted by molar-refractivity contribution is -0.123. The van der Waals surface area contributed by atoms with Crippen LogP contribution in [0.25, 0.3) is 0 Å². The molecule has 0 N–H and O–H groups in total. The van der Waals surface area contributed by atoms with Crippen molar-refractivity contribution in [1.82, 2.24) is 4.90 Å². The zero-order valence-electron chi connectivity index (χ0n) is 21.4. The molecule has 2 aliphatic heterocycles. The van der Waals surface area contributed by atoms with E-state index in [1.165, 1.54) is 4.90 Å². The predicted molar refractivity (Wildman–Crippen MR) is 139 cm³/mol. The lowest BCUT2D eigenvalue weighted by atomic mass is 9.86. The smallest absolute Gasteiger partial charge is 0.251 e. The Hall–Kier alpha value is -4.04. The predicted octanol–water partition coefficient (Wildman–Crippen LogP) is 4.00. The fraction of sp³-hybridized carbons (Fsp3) is 0.310. The average Bonchev–Trinajstić information content (AvgIpc) is 3.24. The quantitative estimate of drug-likeness (QED) is 0.452. The molecular weight excluding hydrogens is 472 g/mol. The highest BCUT2D eigenvalue weighted by Crippen LogP contribution is 2.44. The Morgan fingerprint density at radius 1 is 0.757 bits per heavy atom. The maximum Gasteiger partial charge on any atom is 0.251 e. The van der Waals surface area contributed by atoms with E-state index in [0.717, 1.165) is 16.7 Å². The van der Waals surface area contributed by atoms with Crippen molar-refractivity contribution in [2.24, 2.45) is 0 Å². The molecule has 0 unspecified atom stereocenters. The normalized spacial score (nSPS) is 19.5. The van der Waals surface area contributed by atoms with Crippen LogP contribution in [0.1, 0.15) is 29.2 Å². The highest BCUT2D eigenvalue weighted by molar-refractivity contribution is 6.22. The lowest BCUT2D eigenvalue weighted by Crippen LogP contribution is -2.47. The van der Waals surface area contributed by atoms with Crippen LogP contribution in [0.2, 0.25) is 0 Å². The Morgan fingerprint density at radius 2 is 1.41 bits per heavy atom. The average molecular weight is 503 g/mol. The molecular formula is C29H30N2O6. The lowest BCUT2D eigenvalue weighted by Gasteiger charge is -2.40. The summed E-state index contributed by atoms with van der Waals surface area (Å²) < 4.78 is 22.2. The molecule has 8 nitrogen and oxygen atoms in total. The Morgan fingerprint density at radius 3 is 2.08 bits per heavy atom. The number of nitrogens with zero attached hydrogens (tertiary/aromatic N) is 2. The third-order valence-corrected chi connectivity index (χ3v) is 7.17. The van der Waals surface area contributed by atoms with Crippen LogP contribution >= 0.6 is 0 Å². The molecule has 3 aromatic rings. The minimum atomic E-state index is -0.605. The number of amides is 2. The van der Waals surface area contributed by atoms with Crippen LogP contribution in [0, 0.1) is 0 Å². The number of methoxy groups -OCH3 is 4. The van der Waals surface area contributed by atoms with Gasteiger partial charge in [0.25, 0.3) is 5.91 Å². The molecule has 0 aromatic heterocycles. The first-order chi connectivity index (χ1) is 18.0. The zero-order chi connectivity index (χ0) is 26.1. The van der Waals surface area contributed by atoms with Gasteiger partial charge in [-0.15, -0.1) is 0 Å². The van der Waals surface area contributed by atoms with Crippen molar-refractivity contribution in [3.05, 3.63) is 77.4 Å². The number of benzene rings is 3. The summed E-state index contributed by atoms with van der Waals surface area (Å²) >= 11 is 0. The van der Waals surface area contributed by atoms with Gasteiger partial charge in [0.1, 0.15) is 0 Å². The largest absolute Gasteiger partial charge is 0.493 e. The van der Waals surface area contributed by atoms with E-state index in [1.54, 1.807) is 40.6 Å². The summed E-state index contributed by atoms with van der Waals surface area (Å²) in [6, 6.07) is 17.9. The van der Waals surface area contributed by atoms with Crippen molar-refractivity contribution in [3.63, 3.8) is 0 Å². The van der Waals surface area contributed by atoms with Crippen LogP contribution in [0.15, 0.2) is 60.7 Å². The maximum atomic E-state index is 13.7. The van der Waals surface area contributed by atoms with Crippen molar-refractivity contribution in [2.45, 2.75) is 24.9 Å². The second-order valence-electron chi connectivity index (χ2n) is 9.03. The molecule has 192 valence electrons. The van der Waals surface area contributed by atoms with E-state index in [1.807, 2.05) is 48.5 Å². The first-order valence-electron chi connectivity index (χ1n) is 12.1. The van der Waals surface area contributed by atoms with Crippen LogP contribution in [-0.4, -0.2) is 57.7 Å². The Kier molecular flexibility index (Phi) is 6.76. The minimum absolute atomic E-state index is 0.111. The maximum absolute atomic E-state index is 13.7. The molecule has 0 aliphatic carbocycles. The Labute approximate surface area is 216 Å². The SMILES string of the molecule is COc1ccc([C@H]2c3cc(OC)c(OC)cc3CCN2[C@@H]2CC(=O)N(c3ccccc3)C2=O)cc1OC. The Balaban J connectivity index is 1.62. The summed E-state index contributed by atoms with van der Waals surface area (Å²) in [6.07, 6.45) is 0.808. The number of carbonyl (C=O) groups is 2. The van der Waals surface area contributed by atoms with E-state index in [-0.39, 0.29) is 24.3 Å². The van der Waals surface area contributed by atoms with E-state index < -0.39 is 6.04 Å². The second kappa shape index (κ2) is 10.1. The highest BCUT2D eigenvalue weighted by atomic mass is 16.5. The first-order valence-corrected chi connectivity index (χ1v) is 12.1. The summed E-state index contributed by atoms with van der Waals surface area (Å²) in [6.45, 7) is 0.591. The molecule has 2 amide bonds. The molecule has 0 saturated carbocycles. The van der Waals surface area contributed by atoms with E-state index in [9.17, 15) is 9.59 Å². The third kappa shape index (κ3) is 4.27. The molecule has 3 aromatic carbocycles. The van der Waals surface area contributed by atoms with Gasteiger partial charge in [0, 0.05) is 6.54 Å². The number of hydrogen-bond acceptors (Lipinski definition) is 7. The second-order valence-corrected chi connectivity index (χ2v) is 9.03. The molecule has 37 heavy (non-hydrogen) atoms. The molecule has 0 spiro atoms. The molecule has 1 fully saturated rings. The Bertz CT molecular complexity index is 1330. The van der Waals surface area contributed by atoms with Crippen LogP contribution in [0.5, 0.6) is 23.0 Å². The number of fused-ring (bicyclic) bond motifs is 1. The third-order valence-electron chi connectivity index (χ3n) is 7.17. The van der Waals surface area contributed by atoms with Crippen LogP contribution in [-0.2, 0) is 16.0 Å². The van der Waals surface area contributed by atoms with Gasteiger partial charge >= 0.3 is 0 Å². The minimum Gasteiger partial charge on any atom is -0.493 e. The summed E-state index contributed by atoms with van der Waals surface area (Å²) in [7, 11) is 6.41. The van der Waals surface area contributed by atoms with Crippen molar-refractivity contribution >= 4 is 17.5 Å². The molecule has 2 heterocycles. The monoisotopic (exact) mass is 502 g/mol. The van der Waals surface area contributed by atoms with Crippen LogP contribution < -0.4 is 23.8 Å². The fourth-order valence-corrected chi connectivity index (χ4v) is 5.42. The van der Waals surface area contributed by atoms with Crippen molar-refractivity contribution in [3.8, 4) is 23.0 Å². The van der Waals surface area contributed by atoms with Gasteiger partial charge in [-0.25, -0.2) is 4.90 Å². The summed E-state index contributed by atoms with van der Waals surface area (Å²) in [5, 5.41) is 0. The van der Waals surface area contributed by atoms with Gasteiger partial charge in [0.05, 0.1) is 52.6 Å². The molecule has 0 radical (unpaired) electrons. The topological polar surface area (TPSA) is 77.5 Å². The van der Waals surface area contributed by atoms with E-state index in [4.69, 9.17) is 18.9 Å². The highest BCUT2D eigenvalue weighted by Gasteiger charge is 2.46. The molecule has 1 saturated heterocycles. The van der Waals surface area contributed by atoms with Gasteiger partial charge in [-0.1, -0.05) is 24.3 Å². The van der Waals surface area contributed by atoms with Gasteiger partial charge < -0.3 is 18.9 Å². The van der Waals surface area contributed by atoms with Crippen molar-refractivity contribution in [1.29, 1.82) is 0 Å². The molecule has 2 aliphatic rings. The fourth-order valence-electron chi connectivity index (χ4n) is 5.42. The van der Waals surface area contributed by atoms with E-state index in [2.05, 4.69) is 4.90 Å². The molecule has 2 atom stereocenters. The number of anilines is 1. The number of rotatable bonds is 7. The molecule has 8 heteroatoms. The first kappa shape index (κ1) is 24.6. The number of para-hydroxylation sites is 1. The zero-order valence-corrected chi connectivity index (χ0v) is 21.4. The standard InChI is InChI=1S/C29H30N2O6/c1-34-23-11-10-19(15-24(23)35-2)28-21-16-26(37-4)25(36-3)14-18(21)12-13-30(28)22-17-27(32)31(29(22)33)20-8-6-5-7-9-20/h5-11,14-16,22,28H,12-13,17H2,1-4H3/t22-,28+/m1/s1. The van der Waals surface area contributed by atoms with Crippen LogP contribution in [0.3, 0.4) is 0 Å². The van der Waals surface area contributed by atoms with E-state index in [0.29, 0.717) is 41.7 Å². The van der Waals surface area contributed by atoms with E-state index >= 15 is 0 Å². The van der Waals surface area contributed by atoms with Gasteiger partial charge in [0.15, 0.2) is 23.0 Å². The van der Waals surface area contributed by atoms with Crippen molar-refractivity contribution < 1.29 is 28.5 Å². The summed E-state index contributed by atoms with van der Waals surface area (Å²) in [4.78, 5) is 30.3.